The lowest BCUT2D eigenvalue weighted by molar-refractivity contribution is -0.139. The topological polar surface area (TPSA) is 39.2 Å². The Bertz CT molecular complexity index is 561. The molecule has 0 atom stereocenters. The predicted molar refractivity (Wildman–Crippen MR) is 77.4 cm³/mol. The predicted octanol–water partition coefficient (Wildman–Crippen LogP) is 3.65. The van der Waals surface area contributed by atoms with Crippen LogP contribution in [0.3, 0.4) is 0 Å². The average Bonchev–Trinajstić information content (AvgIpc) is 2.83. The van der Waals surface area contributed by atoms with E-state index in [1.54, 1.807) is 11.3 Å². The van der Waals surface area contributed by atoms with Crippen LogP contribution in [0.25, 0.3) is 11.3 Å². The van der Waals surface area contributed by atoms with Crippen molar-refractivity contribution in [3.8, 4) is 11.3 Å². The summed E-state index contributed by atoms with van der Waals surface area (Å²) in [6.07, 6.45) is 0.244. The summed E-state index contributed by atoms with van der Waals surface area (Å²) < 4.78 is 4.70. The third-order valence-electron chi connectivity index (χ3n) is 2.79. The minimum atomic E-state index is -0.247. The van der Waals surface area contributed by atoms with Gasteiger partial charge in [0.15, 0.2) is 0 Å². The fraction of sp³-hybridized carbons (Fsp3) is 0.333. The second-order valence-electron chi connectivity index (χ2n) is 4.59. The molecule has 1 aromatic heterocycles. The number of carbonyl (C=O) groups is 1. The van der Waals surface area contributed by atoms with E-state index < -0.39 is 0 Å². The molecule has 0 spiro atoms. The highest BCUT2D eigenvalue weighted by atomic mass is 32.1. The van der Waals surface area contributed by atoms with Crippen LogP contribution in [0.15, 0.2) is 30.3 Å². The fourth-order valence-electron chi connectivity index (χ4n) is 1.84. The van der Waals surface area contributed by atoms with Crippen LogP contribution in [-0.2, 0) is 16.0 Å². The number of rotatable bonds is 4. The Morgan fingerprint density at radius 1 is 1.32 bits per heavy atom. The minimum Gasteiger partial charge on any atom is -0.469 e. The van der Waals surface area contributed by atoms with Crippen LogP contribution in [0.1, 0.15) is 29.7 Å². The Hall–Kier alpha value is -1.68. The number of aromatic nitrogens is 1. The Labute approximate surface area is 117 Å². The first-order chi connectivity index (χ1) is 9.11. The molecule has 1 heterocycles. The molecule has 19 heavy (non-hydrogen) atoms. The molecular weight excluding hydrogens is 258 g/mol. The van der Waals surface area contributed by atoms with Gasteiger partial charge in [-0.2, -0.15) is 0 Å². The van der Waals surface area contributed by atoms with Crippen molar-refractivity contribution in [2.75, 3.05) is 7.11 Å². The van der Waals surface area contributed by atoms with E-state index >= 15 is 0 Å². The Morgan fingerprint density at radius 3 is 2.58 bits per heavy atom. The Balaban J connectivity index is 2.39. The monoisotopic (exact) mass is 275 g/mol. The maximum atomic E-state index is 11.4. The number of thiazole rings is 1. The van der Waals surface area contributed by atoms with E-state index in [2.05, 4.69) is 18.8 Å². The summed E-state index contributed by atoms with van der Waals surface area (Å²) >= 11 is 1.59. The molecule has 2 rings (SSSR count). The van der Waals surface area contributed by atoms with E-state index in [9.17, 15) is 4.79 Å². The van der Waals surface area contributed by atoms with Gasteiger partial charge in [0.1, 0.15) is 5.01 Å². The molecule has 0 saturated heterocycles. The van der Waals surface area contributed by atoms with Gasteiger partial charge in [-0.25, -0.2) is 4.98 Å². The van der Waals surface area contributed by atoms with Crippen LogP contribution in [0.4, 0.5) is 0 Å². The van der Waals surface area contributed by atoms with Crippen LogP contribution in [0.5, 0.6) is 0 Å². The zero-order valence-electron chi connectivity index (χ0n) is 11.3. The van der Waals surface area contributed by atoms with Gasteiger partial charge in [-0.1, -0.05) is 44.2 Å². The molecule has 0 fully saturated rings. The van der Waals surface area contributed by atoms with Crippen molar-refractivity contribution in [1.82, 2.24) is 4.98 Å². The molecule has 0 bridgehead atoms. The van der Waals surface area contributed by atoms with Crippen molar-refractivity contribution in [2.45, 2.75) is 26.2 Å². The molecular formula is C15H17NO2S. The minimum absolute atomic E-state index is 0.244. The summed E-state index contributed by atoms with van der Waals surface area (Å²) in [7, 11) is 1.40. The van der Waals surface area contributed by atoms with Crippen LogP contribution < -0.4 is 0 Å². The van der Waals surface area contributed by atoms with Gasteiger partial charge >= 0.3 is 5.97 Å². The Kier molecular flexibility index (Phi) is 4.32. The summed E-state index contributed by atoms with van der Waals surface area (Å²) in [4.78, 5) is 17.2. The number of benzene rings is 1. The third kappa shape index (κ3) is 3.20. The van der Waals surface area contributed by atoms with E-state index in [1.807, 2.05) is 30.3 Å². The molecule has 100 valence electrons. The molecule has 0 unspecified atom stereocenters. The lowest BCUT2D eigenvalue weighted by Gasteiger charge is -2.04. The third-order valence-corrected chi connectivity index (χ3v) is 4.15. The van der Waals surface area contributed by atoms with Crippen LogP contribution in [0.2, 0.25) is 0 Å². The van der Waals surface area contributed by atoms with Gasteiger partial charge in [0.05, 0.1) is 19.2 Å². The first kappa shape index (κ1) is 13.7. The molecule has 0 aliphatic carbocycles. The van der Waals surface area contributed by atoms with Gasteiger partial charge in [0.25, 0.3) is 0 Å². The van der Waals surface area contributed by atoms with Gasteiger partial charge in [0, 0.05) is 10.4 Å². The molecule has 4 heteroatoms. The summed E-state index contributed by atoms with van der Waals surface area (Å²) in [5, 5.41) is 0.814. The zero-order chi connectivity index (χ0) is 13.8. The molecule has 0 radical (unpaired) electrons. The van der Waals surface area contributed by atoms with E-state index in [0.717, 1.165) is 16.3 Å². The van der Waals surface area contributed by atoms with E-state index in [1.165, 1.54) is 12.0 Å². The lowest BCUT2D eigenvalue weighted by atomic mass is 10.1. The molecule has 0 amide bonds. The highest BCUT2D eigenvalue weighted by Crippen LogP contribution is 2.33. The number of nitrogens with zero attached hydrogens (tertiary/aromatic N) is 1. The number of carbonyl (C=O) groups excluding carboxylic acids is 1. The van der Waals surface area contributed by atoms with Crippen molar-refractivity contribution in [3.63, 3.8) is 0 Å². The number of methoxy groups -OCH3 is 1. The highest BCUT2D eigenvalue weighted by Gasteiger charge is 2.17. The molecule has 0 aliphatic rings. The summed E-state index contributed by atoms with van der Waals surface area (Å²) in [6.45, 7) is 4.28. The molecule has 3 nitrogen and oxygen atoms in total. The van der Waals surface area contributed by atoms with E-state index in [-0.39, 0.29) is 12.4 Å². The highest BCUT2D eigenvalue weighted by molar-refractivity contribution is 7.12. The SMILES string of the molecule is COC(=O)Cc1nc(-c2ccccc2)c(C(C)C)s1. The van der Waals surface area contributed by atoms with E-state index in [4.69, 9.17) is 4.74 Å². The zero-order valence-corrected chi connectivity index (χ0v) is 12.2. The first-order valence-electron chi connectivity index (χ1n) is 6.23. The van der Waals surface area contributed by atoms with Gasteiger partial charge in [-0.3, -0.25) is 4.79 Å². The van der Waals surface area contributed by atoms with Crippen molar-refractivity contribution in [2.24, 2.45) is 0 Å². The number of esters is 1. The van der Waals surface area contributed by atoms with Gasteiger partial charge in [-0.15, -0.1) is 11.3 Å². The van der Waals surface area contributed by atoms with Crippen molar-refractivity contribution >= 4 is 17.3 Å². The standard InChI is InChI=1S/C15H17NO2S/c1-10(2)15-14(11-7-5-4-6-8-11)16-12(19-15)9-13(17)18-3/h4-8,10H,9H2,1-3H3. The smallest absolute Gasteiger partial charge is 0.312 e. The van der Waals surface area contributed by atoms with Crippen LogP contribution >= 0.6 is 11.3 Å². The lowest BCUT2D eigenvalue weighted by Crippen LogP contribution is -2.03. The molecule has 0 aliphatic heterocycles. The van der Waals surface area contributed by atoms with Crippen LogP contribution in [0, 0.1) is 0 Å². The van der Waals surface area contributed by atoms with Gasteiger partial charge in [0.2, 0.25) is 0 Å². The van der Waals surface area contributed by atoms with E-state index in [0.29, 0.717) is 5.92 Å². The average molecular weight is 275 g/mol. The normalized spacial score (nSPS) is 10.7. The molecule has 0 saturated carbocycles. The maximum absolute atomic E-state index is 11.4. The van der Waals surface area contributed by atoms with Crippen molar-refractivity contribution in [1.29, 1.82) is 0 Å². The number of ether oxygens (including phenoxy) is 1. The first-order valence-corrected chi connectivity index (χ1v) is 7.05. The summed E-state index contributed by atoms with van der Waals surface area (Å²) in [6, 6.07) is 10.1. The second-order valence-corrected chi connectivity index (χ2v) is 5.71. The fourth-order valence-corrected chi connectivity index (χ4v) is 2.92. The molecule has 0 N–H and O–H groups in total. The molecule has 2 aromatic rings. The summed E-state index contributed by atoms with van der Waals surface area (Å²) in [5.41, 5.74) is 2.08. The van der Waals surface area contributed by atoms with Crippen LogP contribution in [-0.4, -0.2) is 18.1 Å². The summed E-state index contributed by atoms with van der Waals surface area (Å²) in [5.74, 6) is 0.141. The van der Waals surface area contributed by atoms with Gasteiger partial charge in [-0.05, 0) is 5.92 Å². The largest absolute Gasteiger partial charge is 0.469 e. The quantitative estimate of drug-likeness (QED) is 0.800. The Morgan fingerprint density at radius 2 is 2.00 bits per heavy atom. The second kappa shape index (κ2) is 5.97. The number of hydrogen-bond acceptors (Lipinski definition) is 4. The van der Waals surface area contributed by atoms with Crippen molar-refractivity contribution in [3.05, 3.63) is 40.2 Å². The maximum Gasteiger partial charge on any atom is 0.312 e. The van der Waals surface area contributed by atoms with Gasteiger partial charge < -0.3 is 4.74 Å². The molecule has 1 aromatic carbocycles. The van der Waals surface area contributed by atoms with Crippen molar-refractivity contribution < 1.29 is 9.53 Å². The number of hydrogen-bond donors (Lipinski definition) is 0.